The molecular formula is C11H12N2O6. The number of hydrogen-bond acceptors (Lipinski definition) is 5. The molecule has 0 aliphatic carbocycles. The van der Waals surface area contributed by atoms with E-state index in [1.807, 2.05) is 0 Å². The Balaban J connectivity index is 3.16. The quantitative estimate of drug-likeness (QED) is 0.582. The second-order valence-corrected chi connectivity index (χ2v) is 3.66. The van der Waals surface area contributed by atoms with E-state index in [9.17, 15) is 19.7 Å². The number of nitro benzene ring substituents is 1. The third-order valence-corrected chi connectivity index (χ3v) is 2.36. The largest absolute Gasteiger partial charge is 0.479 e. The van der Waals surface area contributed by atoms with Crippen LogP contribution in [0.3, 0.4) is 0 Å². The summed E-state index contributed by atoms with van der Waals surface area (Å²) >= 11 is 0. The van der Waals surface area contributed by atoms with Gasteiger partial charge in [-0.15, -0.1) is 0 Å². The fraction of sp³-hybridized carbons (Fsp3) is 0.273. The molecule has 0 saturated carbocycles. The highest BCUT2D eigenvalue weighted by Crippen LogP contribution is 2.29. The Morgan fingerprint density at radius 3 is 2.58 bits per heavy atom. The van der Waals surface area contributed by atoms with Crippen LogP contribution in [0.4, 0.5) is 5.69 Å². The highest BCUT2D eigenvalue weighted by molar-refractivity contribution is 5.93. The van der Waals surface area contributed by atoms with Crippen molar-refractivity contribution in [2.75, 3.05) is 0 Å². The van der Waals surface area contributed by atoms with Crippen LogP contribution < -0.4 is 10.5 Å². The lowest BCUT2D eigenvalue weighted by atomic mass is 10.1. The molecule has 0 aliphatic rings. The van der Waals surface area contributed by atoms with Crippen molar-refractivity contribution in [2.24, 2.45) is 5.73 Å². The van der Waals surface area contributed by atoms with Crippen LogP contribution in [0.1, 0.15) is 23.7 Å². The highest BCUT2D eigenvalue weighted by atomic mass is 16.6. The summed E-state index contributed by atoms with van der Waals surface area (Å²) in [7, 11) is 0. The van der Waals surface area contributed by atoms with Gasteiger partial charge in [-0.25, -0.2) is 4.79 Å². The molecule has 1 aromatic carbocycles. The first-order valence-electron chi connectivity index (χ1n) is 5.34. The zero-order valence-electron chi connectivity index (χ0n) is 10.0. The van der Waals surface area contributed by atoms with E-state index in [1.165, 1.54) is 6.07 Å². The number of carbonyl (C=O) groups excluding carboxylic acids is 1. The molecule has 102 valence electrons. The van der Waals surface area contributed by atoms with E-state index in [0.29, 0.717) is 0 Å². The van der Waals surface area contributed by atoms with Crippen molar-refractivity contribution in [3.63, 3.8) is 0 Å². The van der Waals surface area contributed by atoms with Crippen LogP contribution in [0.5, 0.6) is 5.75 Å². The smallest absolute Gasteiger partial charge is 0.344 e. The average molecular weight is 268 g/mol. The van der Waals surface area contributed by atoms with Crippen LogP contribution in [0, 0.1) is 10.1 Å². The Hall–Kier alpha value is -2.64. The number of carboxylic acids is 1. The monoisotopic (exact) mass is 268 g/mol. The minimum Gasteiger partial charge on any atom is -0.479 e. The number of nitrogens with zero attached hydrogens (tertiary/aromatic N) is 1. The zero-order chi connectivity index (χ0) is 14.6. The average Bonchev–Trinajstić information content (AvgIpc) is 2.35. The van der Waals surface area contributed by atoms with Crippen LogP contribution >= 0.6 is 0 Å². The maximum atomic E-state index is 10.9. The van der Waals surface area contributed by atoms with Gasteiger partial charge in [0.25, 0.3) is 0 Å². The van der Waals surface area contributed by atoms with Gasteiger partial charge in [-0.1, -0.05) is 6.92 Å². The van der Waals surface area contributed by atoms with Gasteiger partial charge in [0.15, 0.2) is 11.9 Å². The van der Waals surface area contributed by atoms with Gasteiger partial charge in [-0.3, -0.25) is 14.9 Å². The number of carboxylic acid groups (broad SMARTS) is 1. The molecule has 1 atom stereocenters. The molecule has 0 saturated heterocycles. The molecule has 19 heavy (non-hydrogen) atoms. The molecule has 0 aliphatic heterocycles. The van der Waals surface area contributed by atoms with Gasteiger partial charge in [0.2, 0.25) is 5.91 Å². The molecular weight excluding hydrogens is 256 g/mol. The molecule has 8 nitrogen and oxygen atoms in total. The van der Waals surface area contributed by atoms with Crippen molar-refractivity contribution in [1.82, 2.24) is 0 Å². The standard InChI is InChI=1S/C11H12N2O6/c1-2-8(11(15)16)19-9-4-3-6(10(12)14)5-7(9)13(17)18/h3-5,8H,2H2,1H3,(H2,12,14)(H,15,16). The maximum Gasteiger partial charge on any atom is 0.344 e. The van der Waals surface area contributed by atoms with E-state index in [4.69, 9.17) is 15.6 Å². The summed E-state index contributed by atoms with van der Waals surface area (Å²) in [5.74, 6) is -2.26. The first kappa shape index (κ1) is 14.4. The summed E-state index contributed by atoms with van der Waals surface area (Å²) in [5.41, 5.74) is 4.46. The Bertz CT molecular complexity index is 528. The molecule has 0 heterocycles. The van der Waals surface area contributed by atoms with E-state index < -0.39 is 28.6 Å². The van der Waals surface area contributed by atoms with E-state index in [-0.39, 0.29) is 17.7 Å². The number of hydrogen-bond donors (Lipinski definition) is 2. The second kappa shape index (κ2) is 5.80. The predicted octanol–water partition coefficient (Wildman–Crippen LogP) is 0.936. The Morgan fingerprint density at radius 1 is 1.53 bits per heavy atom. The molecule has 0 fully saturated rings. The first-order valence-corrected chi connectivity index (χ1v) is 5.34. The number of benzene rings is 1. The number of carbonyl (C=O) groups is 2. The highest BCUT2D eigenvalue weighted by Gasteiger charge is 2.23. The fourth-order valence-corrected chi connectivity index (χ4v) is 1.37. The van der Waals surface area contributed by atoms with Gasteiger partial charge < -0.3 is 15.6 Å². The minimum atomic E-state index is -1.23. The third kappa shape index (κ3) is 3.41. The Labute approximate surface area is 107 Å². The third-order valence-electron chi connectivity index (χ3n) is 2.36. The fourth-order valence-electron chi connectivity index (χ4n) is 1.37. The number of aliphatic carboxylic acids is 1. The SMILES string of the molecule is CCC(Oc1ccc(C(N)=O)cc1[N+](=O)[O-])C(=O)O. The second-order valence-electron chi connectivity index (χ2n) is 3.66. The normalized spacial score (nSPS) is 11.6. The molecule has 0 bridgehead atoms. The van der Waals surface area contributed by atoms with Crippen LogP contribution in [-0.4, -0.2) is 28.0 Å². The van der Waals surface area contributed by atoms with Gasteiger partial charge in [-0.2, -0.15) is 0 Å². The maximum absolute atomic E-state index is 10.9. The number of ether oxygens (including phenoxy) is 1. The molecule has 1 amide bonds. The summed E-state index contributed by atoms with van der Waals surface area (Å²) < 4.78 is 5.06. The molecule has 1 unspecified atom stereocenters. The van der Waals surface area contributed by atoms with Crippen LogP contribution in [0.25, 0.3) is 0 Å². The Kier molecular flexibility index (Phi) is 4.41. The number of primary amides is 1. The summed E-state index contributed by atoms with van der Waals surface area (Å²) in [6, 6.07) is 3.34. The summed E-state index contributed by atoms with van der Waals surface area (Å²) in [6.45, 7) is 1.57. The lowest BCUT2D eigenvalue weighted by molar-refractivity contribution is -0.386. The molecule has 0 spiro atoms. The van der Waals surface area contributed by atoms with Gasteiger partial charge in [-0.05, 0) is 18.6 Å². The first-order chi connectivity index (χ1) is 8.86. The van der Waals surface area contributed by atoms with Crippen molar-refractivity contribution in [2.45, 2.75) is 19.4 Å². The van der Waals surface area contributed by atoms with Crippen molar-refractivity contribution in [3.05, 3.63) is 33.9 Å². The predicted molar refractivity (Wildman–Crippen MR) is 64.0 cm³/mol. The summed E-state index contributed by atoms with van der Waals surface area (Å²) in [6.07, 6.45) is -1.05. The molecule has 1 aromatic rings. The van der Waals surface area contributed by atoms with Crippen LogP contribution in [0.2, 0.25) is 0 Å². The molecule has 0 aromatic heterocycles. The van der Waals surface area contributed by atoms with E-state index in [0.717, 1.165) is 12.1 Å². The van der Waals surface area contributed by atoms with E-state index in [1.54, 1.807) is 6.92 Å². The molecule has 3 N–H and O–H groups in total. The lowest BCUT2D eigenvalue weighted by Crippen LogP contribution is -2.26. The summed E-state index contributed by atoms with van der Waals surface area (Å²) in [4.78, 5) is 31.9. The van der Waals surface area contributed by atoms with Crippen molar-refractivity contribution >= 4 is 17.6 Å². The summed E-state index contributed by atoms with van der Waals surface area (Å²) in [5, 5.41) is 19.7. The minimum absolute atomic E-state index is 0.0533. The van der Waals surface area contributed by atoms with E-state index >= 15 is 0 Å². The van der Waals surface area contributed by atoms with Gasteiger partial charge >= 0.3 is 11.7 Å². The van der Waals surface area contributed by atoms with Gasteiger partial charge in [0, 0.05) is 11.6 Å². The lowest BCUT2D eigenvalue weighted by Gasteiger charge is -2.13. The van der Waals surface area contributed by atoms with E-state index in [2.05, 4.69) is 0 Å². The number of rotatable bonds is 6. The van der Waals surface area contributed by atoms with Gasteiger partial charge in [0.1, 0.15) is 0 Å². The number of amides is 1. The van der Waals surface area contributed by atoms with Crippen LogP contribution in [0.15, 0.2) is 18.2 Å². The van der Waals surface area contributed by atoms with Crippen molar-refractivity contribution in [3.8, 4) is 5.75 Å². The zero-order valence-corrected chi connectivity index (χ0v) is 10.0. The van der Waals surface area contributed by atoms with Crippen LogP contribution in [-0.2, 0) is 4.79 Å². The molecule has 1 rings (SSSR count). The molecule has 8 heteroatoms. The van der Waals surface area contributed by atoms with Gasteiger partial charge in [0.05, 0.1) is 4.92 Å². The number of nitro groups is 1. The number of nitrogens with two attached hydrogens (primary N) is 1. The Morgan fingerprint density at radius 2 is 2.16 bits per heavy atom. The topological polar surface area (TPSA) is 133 Å². The van der Waals surface area contributed by atoms with Crippen molar-refractivity contribution < 1.29 is 24.4 Å². The van der Waals surface area contributed by atoms with Crippen molar-refractivity contribution in [1.29, 1.82) is 0 Å². The molecule has 0 radical (unpaired) electrons.